The van der Waals surface area contributed by atoms with Crippen LogP contribution in [-0.2, 0) is 5.41 Å². The highest BCUT2D eigenvalue weighted by atomic mass is 16.5. The molecule has 2 nitrogen and oxygen atoms in total. The van der Waals surface area contributed by atoms with Crippen LogP contribution in [0.5, 0.6) is 11.5 Å². The number of ether oxygens (including phenoxy) is 1. The zero-order chi connectivity index (χ0) is 32.4. The average molecular weight is 627 g/mol. The van der Waals surface area contributed by atoms with E-state index in [0.29, 0.717) is 0 Å². The van der Waals surface area contributed by atoms with Gasteiger partial charge in [0.05, 0.1) is 0 Å². The summed E-state index contributed by atoms with van der Waals surface area (Å²) in [6, 6.07) is 52.8. The molecule has 8 aromatic carbocycles. The minimum absolute atomic E-state index is 0.140. The molecule has 0 N–H and O–H groups in total. The molecule has 0 radical (unpaired) electrons. The summed E-state index contributed by atoms with van der Waals surface area (Å²) in [6.45, 7) is 4.73. The van der Waals surface area contributed by atoms with Crippen LogP contribution in [-0.4, -0.2) is 0 Å². The number of benzene rings is 8. The smallest absolute Gasteiger partial charge is 0.136 e. The third-order valence-corrected chi connectivity index (χ3v) is 11.1. The van der Waals surface area contributed by atoms with Gasteiger partial charge in [-0.05, 0) is 109 Å². The van der Waals surface area contributed by atoms with Gasteiger partial charge >= 0.3 is 0 Å². The Morgan fingerprint density at radius 2 is 1.16 bits per heavy atom. The number of hydrogen-bond donors (Lipinski definition) is 0. The molecule has 0 unspecified atom stereocenters. The van der Waals surface area contributed by atoms with Crippen molar-refractivity contribution in [1.29, 1.82) is 0 Å². The van der Waals surface area contributed by atoms with Crippen molar-refractivity contribution in [2.45, 2.75) is 19.3 Å². The molecule has 1 aliphatic heterocycles. The highest BCUT2D eigenvalue weighted by Gasteiger charge is 2.37. The lowest BCUT2D eigenvalue weighted by Gasteiger charge is -2.24. The second-order valence-corrected chi connectivity index (χ2v) is 14.0. The Kier molecular flexibility index (Phi) is 5.21. The molecule has 0 atom stereocenters. The molecule has 230 valence electrons. The topological polar surface area (TPSA) is 22.4 Å². The van der Waals surface area contributed by atoms with Crippen molar-refractivity contribution < 1.29 is 9.15 Å². The molecule has 2 heteroatoms. The van der Waals surface area contributed by atoms with E-state index in [4.69, 9.17) is 9.15 Å². The second kappa shape index (κ2) is 9.49. The Labute approximate surface area is 283 Å². The molecule has 0 saturated carbocycles. The largest absolute Gasteiger partial charge is 0.456 e. The number of hydrogen-bond acceptors (Lipinski definition) is 2. The summed E-state index contributed by atoms with van der Waals surface area (Å²) in [6.07, 6.45) is 0. The van der Waals surface area contributed by atoms with E-state index >= 15 is 0 Å². The first-order valence-electron chi connectivity index (χ1n) is 17.0. The van der Waals surface area contributed by atoms with Crippen LogP contribution in [0.3, 0.4) is 0 Å². The SMILES string of the molecule is CC1(C)c2ccccc2-c2c1cc1cc(-c3ccc4c5c(cccc35)-c3ccccc3O4)ccc1c2-c1ccc2c(c1)oc1ccccc12. The standard InChI is InChI=1S/C47H30O2/c1-47(2)38-15-6-3-12-37(38)46-39(47)25-29-24-27(30-22-23-42-45-35(30)13-9-14-36(45)33-11-5-8-17-41(33)48-42)18-20-31(29)44(46)28-19-21-34-32-10-4-7-16-40(32)49-43(34)26-28/h3-26H,1-2H3. The molecule has 0 bridgehead atoms. The molecule has 0 spiro atoms. The summed E-state index contributed by atoms with van der Waals surface area (Å²) < 4.78 is 12.8. The number of para-hydroxylation sites is 2. The maximum absolute atomic E-state index is 6.42. The van der Waals surface area contributed by atoms with Gasteiger partial charge in [0.1, 0.15) is 22.7 Å². The lowest BCUT2D eigenvalue weighted by Crippen LogP contribution is -2.15. The Hall–Kier alpha value is -6.12. The van der Waals surface area contributed by atoms with Crippen LogP contribution in [0.25, 0.3) is 88.0 Å². The van der Waals surface area contributed by atoms with E-state index in [2.05, 4.69) is 147 Å². The lowest BCUT2D eigenvalue weighted by atomic mass is 9.80. The zero-order valence-electron chi connectivity index (χ0n) is 27.2. The Bertz CT molecular complexity index is 2880. The van der Waals surface area contributed by atoms with E-state index in [1.54, 1.807) is 0 Å². The Morgan fingerprint density at radius 1 is 0.429 bits per heavy atom. The lowest BCUT2D eigenvalue weighted by molar-refractivity contribution is 0.487. The van der Waals surface area contributed by atoms with Crippen molar-refractivity contribution in [3.05, 3.63) is 157 Å². The summed E-state index contributed by atoms with van der Waals surface area (Å²) in [5, 5.41) is 7.15. The number of fused-ring (bicyclic) bond motifs is 9. The van der Waals surface area contributed by atoms with E-state index in [0.717, 1.165) is 39.0 Å². The molecule has 0 fully saturated rings. The summed E-state index contributed by atoms with van der Waals surface area (Å²) in [7, 11) is 0. The summed E-state index contributed by atoms with van der Waals surface area (Å²) >= 11 is 0. The van der Waals surface area contributed by atoms with Crippen LogP contribution in [0, 0.1) is 0 Å². The van der Waals surface area contributed by atoms with Gasteiger partial charge < -0.3 is 9.15 Å². The normalized spacial score (nSPS) is 13.8. The molecule has 49 heavy (non-hydrogen) atoms. The van der Waals surface area contributed by atoms with E-state index in [9.17, 15) is 0 Å². The molecule has 2 aliphatic rings. The van der Waals surface area contributed by atoms with Crippen molar-refractivity contribution in [2.24, 2.45) is 0 Å². The minimum atomic E-state index is -0.140. The van der Waals surface area contributed by atoms with E-state index in [1.165, 1.54) is 71.6 Å². The van der Waals surface area contributed by atoms with Gasteiger partial charge in [0.15, 0.2) is 0 Å². The predicted octanol–water partition coefficient (Wildman–Crippen LogP) is 13.3. The first-order chi connectivity index (χ1) is 24.0. The Balaban J connectivity index is 1.18. The Morgan fingerprint density at radius 3 is 2.10 bits per heavy atom. The summed E-state index contributed by atoms with van der Waals surface area (Å²) in [5.41, 5.74) is 14.3. The first-order valence-corrected chi connectivity index (χ1v) is 17.0. The van der Waals surface area contributed by atoms with Crippen molar-refractivity contribution in [3.63, 3.8) is 0 Å². The van der Waals surface area contributed by atoms with Gasteiger partial charge in [-0.15, -0.1) is 0 Å². The molecule has 2 heterocycles. The quantitative estimate of drug-likeness (QED) is 0.190. The van der Waals surface area contributed by atoms with E-state index in [-0.39, 0.29) is 5.41 Å². The first kappa shape index (κ1) is 26.9. The third kappa shape index (κ3) is 3.61. The number of rotatable bonds is 2. The maximum atomic E-state index is 6.42. The van der Waals surface area contributed by atoms with Crippen LogP contribution in [0.1, 0.15) is 25.0 Å². The highest BCUT2D eigenvalue weighted by molar-refractivity contribution is 6.14. The molecule has 0 amide bonds. The molecule has 11 rings (SSSR count). The summed E-state index contributed by atoms with van der Waals surface area (Å²) in [5.74, 6) is 1.82. The fourth-order valence-corrected chi connectivity index (χ4v) is 8.75. The highest BCUT2D eigenvalue weighted by Crippen LogP contribution is 2.55. The van der Waals surface area contributed by atoms with Crippen molar-refractivity contribution in [1.82, 2.24) is 0 Å². The fraction of sp³-hybridized carbons (Fsp3) is 0.0638. The van der Waals surface area contributed by atoms with Gasteiger partial charge in [-0.2, -0.15) is 0 Å². The second-order valence-electron chi connectivity index (χ2n) is 14.0. The third-order valence-electron chi connectivity index (χ3n) is 11.1. The average Bonchev–Trinajstić information content (AvgIpc) is 3.62. The molecule has 9 aromatic rings. The van der Waals surface area contributed by atoms with Crippen LogP contribution in [0.4, 0.5) is 0 Å². The minimum Gasteiger partial charge on any atom is -0.456 e. The molecule has 0 saturated heterocycles. The van der Waals surface area contributed by atoms with Crippen LogP contribution < -0.4 is 4.74 Å². The van der Waals surface area contributed by atoms with Crippen molar-refractivity contribution >= 4 is 43.5 Å². The maximum Gasteiger partial charge on any atom is 0.136 e. The molecular formula is C47H30O2. The molecule has 1 aromatic heterocycles. The van der Waals surface area contributed by atoms with Gasteiger partial charge in [-0.1, -0.05) is 117 Å². The van der Waals surface area contributed by atoms with Gasteiger partial charge in [0.2, 0.25) is 0 Å². The van der Waals surface area contributed by atoms with Crippen molar-refractivity contribution in [3.8, 4) is 56.0 Å². The van der Waals surface area contributed by atoms with E-state index in [1.807, 2.05) is 12.1 Å². The van der Waals surface area contributed by atoms with Crippen LogP contribution in [0.2, 0.25) is 0 Å². The molecular weight excluding hydrogens is 597 g/mol. The van der Waals surface area contributed by atoms with Gasteiger partial charge in [-0.25, -0.2) is 0 Å². The monoisotopic (exact) mass is 626 g/mol. The van der Waals surface area contributed by atoms with Crippen LogP contribution in [0.15, 0.2) is 150 Å². The van der Waals surface area contributed by atoms with Crippen molar-refractivity contribution in [2.75, 3.05) is 0 Å². The van der Waals surface area contributed by atoms with E-state index < -0.39 is 0 Å². The fourth-order valence-electron chi connectivity index (χ4n) is 8.75. The number of furan rings is 1. The van der Waals surface area contributed by atoms with Crippen LogP contribution >= 0.6 is 0 Å². The van der Waals surface area contributed by atoms with Gasteiger partial charge in [0, 0.05) is 27.1 Å². The van der Waals surface area contributed by atoms with Gasteiger partial charge in [-0.3, -0.25) is 0 Å². The predicted molar refractivity (Wildman–Crippen MR) is 203 cm³/mol. The van der Waals surface area contributed by atoms with Gasteiger partial charge in [0.25, 0.3) is 0 Å². The summed E-state index contributed by atoms with van der Waals surface area (Å²) in [4.78, 5) is 0. The molecule has 1 aliphatic carbocycles. The zero-order valence-corrected chi connectivity index (χ0v) is 27.2.